The molecule has 1 unspecified atom stereocenters. The third-order valence-electron chi connectivity index (χ3n) is 4.32. The molecule has 0 aromatic carbocycles. The molecule has 3 aromatic rings. The number of hydrogen-bond acceptors (Lipinski definition) is 4. The van der Waals surface area contributed by atoms with E-state index in [0.717, 1.165) is 12.2 Å². The van der Waals surface area contributed by atoms with E-state index in [9.17, 15) is 4.79 Å². The molecular weight excluding hydrogens is 280 g/mol. The Kier molecular flexibility index (Phi) is 2.75. The van der Waals surface area contributed by atoms with Gasteiger partial charge < -0.3 is 9.47 Å². The summed E-state index contributed by atoms with van der Waals surface area (Å²) in [5, 5.41) is 8.05. The topological polar surface area (TPSA) is 68.8 Å². The van der Waals surface area contributed by atoms with Crippen molar-refractivity contribution >= 4 is 17.1 Å². The van der Waals surface area contributed by atoms with Crippen LogP contribution in [0, 0.1) is 0 Å². The lowest BCUT2D eigenvalue weighted by Gasteiger charge is -2.35. The molecule has 0 saturated heterocycles. The molecule has 0 bridgehead atoms. The average molecular weight is 296 g/mol. The van der Waals surface area contributed by atoms with Crippen molar-refractivity contribution in [3.05, 3.63) is 41.9 Å². The zero-order valence-electron chi connectivity index (χ0n) is 12.5. The second-order valence-corrected chi connectivity index (χ2v) is 5.54. The summed E-state index contributed by atoms with van der Waals surface area (Å²) in [5.74, 6) is -0.0205. The second kappa shape index (κ2) is 4.66. The number of aryl methyl sites for hydroxylation is 1. The number of aromatic nitrogens is 5. The molecule has 3 aromatic heterocycles. The van der Waals surface area contributed by atoms with Crippen molar-refractivity contribution in [3.63, 3.8) is 0 Å². The third kappa shape index (κ3) is 1.75. The van der Waals surface area contributed by atoms with E-state index < -0.39 is 0 Å². The minimum absolute atomic E-state index is 0.0205. The number of rotatable bonds is 1. The van der Waals surface area contributed by atoms with Crippen LogP contribution in [0.3, 0.4) is 0 Å². The molecule has 1 aliphatic heterocycles. The average Bonchev–Trinajstić information content (AvgIpc) is 3.15. The van der Waals surface area contributed by atoms with Gasteiger partial charge in [-0.25, -0.2) is 9.67 Å². The molecule has 4 rings (SSSR count). The van der Waals surface area contributed by atoms with Gasteiger partial charge in [0.1, 0.15) is 5.52 Å². The fourth-order valence-corrected chi connectivity index (χ4v) is 3.12. The van der Waals surface area contributed by atoms with E-state index in [1.807, 2.05) is 11.0 Å². The summed E-state index contributed by atoms with van der Waals surface area (Å²) in [6, 6.07) is 5.85. The van der Waals surface area contributed by atoms with E-state index in [2.05, 4.69) is 39.1 Å². The molecule has 1 aliphatic rings. The number of hydrogen-bond donors (Lipinski definition) is 0. The number of pyridine rings is 1. The molecule has 0 saturated carbocycles. The van der Waals surface area contributed by atoms with Gasteiger partial charge in [0, 0.05) is 38.2 Å². The molecule has 22 heavy (non-hydrogen) atoms. The van der Waals surface area contributed by atoms with E-state index in [0.29, 0.717) is 23.3 Å². The lowest BCUT2D eigenvalue weighted by Crippen LogP contribution is -2.40. The maximum atomic E-state index is 13.0. The van der Waals surface area contributed by atoms with Gasteiger partial charge in [-0.3, -0.25) is 4.79 Å². The van der Waals surface area contributed by atoms with Gasteiger partial charge in [0.25, 0.3) is 5.91 Å². The summed E-state index contributed by atoms with van der Waals surface area (Å²) in [6.45, 7) is 3.55. The lowest BCUT2D eigenvalue weighted by molar-refractivity contribution is 0.0646. The second-order valence-electron chi connectivity index (χ2n) is 5.54. The van der Waals surface area contributed by atoms with E-state index >= 15 is 0 Å². The van der Waals surface area contributed by atoms with Crippen LogP contribution >= 0.6 is 0 Å². The van der Waals surface area contributed by atoms with E-state index in [4.69, 9.17) is 0 Å². The number of nitrogens with zero attached hydrogens (tertiary/aromatic N) is 6. The van der Waals surface area contributed by atoms with Crippen LogP contribution in [-0.2, 0) is 13.6 Å². The molecule has 112 valence electrons. The molecule has 7 heteroatoms. The first kappa shape index (κ1) is 13.0. The van der Waals surface area contributed by atoms with Gasteiger partial charge in [-0.1, -0.05) is 5.21 Å². The molecule has 0 aliphatic carbocycles. The van der Waals surface area contributed by atoms with Crippen LogP contribution in [0.1, 0.15) is 29.0 Å². The Morgan fingerprint density at radius 3 is 3.05 bits per heavy atom. The Labute approximate surface area is 127 Å². The normalized spacial score (nSPS) is 17.7. The van der Waals surface area contributed by atoms with Crippen molar-refractivity contribution in [2.75, 3.05) is 6.54 Å². The van der Waals surface area contributed by atoms with Crippen molar-refractivity contribution < 1.29 is 4.79 Å². The monoisotopic (exact) mass is 296 g/mol. The molecule has 0 radical (unpaired) electrons. The van der Waals surface area contributed by atoms with Crippen molar-refractivity contribution in [2.24, 2.45) is 7.05 Å². The van der Waals surface area contributed by atoms with Gasteiger partial charge in [0.15, 0.2) is 5.65 Å². The SMILES string of the molecule is CC1c2cccn2CCN1C(=O)c1ccnc2c1nnn2C. The van der Waals surface area contributed by atoms with Gasteiger partial charge in [0.2, 0.25) is 0 Å². The quantitative estimate of drug-likeness (QED) is 0.680. The number of carbonyl (C=O) groups excluding carboxylic acids is 1. The first-order valence-corrected chi connectivity index (χ1v) is 7.27. The Bertz CT molecular complexity index is 864. The predicted molar refractivity (Wildman–Crippen MR) is 80.2 cm³/mol. The number of carbonyl (C=O) groups is 1. The zero-order valence-corrected chi connectivity index (χ0v) is 12.5. The molecule has 0 fully saturated rings. The summed E-state index contributed by atoms with van der Waals surface area (Å²) in [5.41, 5.74) is 2.90. The maximum absolute atomic E-state index is 13.0. The Balaban J connectivity index is 1.75. The van der Waals surface area contributed by atoms with Crippen LogP contribution in [0.4, 0.5) is 0 Å². The highest BCUT2D eigenvalue weighted by atomic mass is 16.2. The van der Waals surface area contributed by atoms with E-state index in [1.54, 1.807) is 24.0 Å². The summed E-state index contributed by atoms with van der Waals surface area (Å²) >= 11 is 0. The first-order chi connectivity index (χ1) is 10.7. The summed E-state index contributed by atoms with van der Waals surface area (Å²) in [7, 11) is 1.77. The third-order valence-corrected chi connectivity index (χ3v) is 4.32. The number of amides is 1. The zero-order chi connectivity index (χ0) is 15.3. The van der Waals surface area contributed by atoms with Gasteiger partial charge in [0.05, 0.1) is 11.6 Å². The lowest BCUT2D eigenvalue weighted by atomic mass is 10.1. The molecule has 0 N–H and O–H groups in total. The van der Waals surface area contributed by atoms with Gasteiger partial charge in [-0.15, -0.1) is 5.10 Å². The highest BCUT2D eigenvalue weighted by Gasteiger charge is 2.29. The van der Waals surface area contributed by atoms with E-state index in [1.165, 1.54) is 0 Å². The number of fused-ring (bicyclic) bond motifs is 2. The predicted octanol–water partition coefficient (Wildman–Crippen LogP) is 1.38. The van der Waals surface area contributed by atoms with Crippen LogP contribution in [0.25, 0.3) is 11.2 Å². The fraction of sp³-hybridized carbons (Fsp3) is 0.333. The van der Waals surface area contributed by atoms with E-state index in [-0.39, 0.29) is 11.9 Å². The van der Waals surface area contributed by atoms with Gasteiger partial charge >= 0.3 is 0 Å². The van der Waals surface area contributed by atoms with Crippen LogP contribution < -0.4 is 0 Å². The highest BCUT2D eigenvalue weighted by Crippen LogP contribution is 2.27. The molecular formula is C15H16N6O. The summed E-state index contributed by atoms with van der Waals surface area (Å²) in [6.07, 6.45) is 3.69. The van der Waals surface area contributed by atoms with Crippen LogP contribution in [0.15, 0.2) is 30.6 Å². The van der Waals surface area contributed by atoms with Crippen molar-refractivity contribution in [1.82, 2.24) is 29.4 Å². The molecule has 7 nitrogen and oxygen atoms in total. The van der Waals surface area contributed by atoms with Crippen molar-refractivity contribution in [1.29, 1.82) is 0 Å². The smallest absolute Gasteiger partial charge is 0.256 e. The largest absolute Gasteiger partial charge is 0.348 e. The Morgan fingerprint density at radius 2 is 2.18 bits per heavy atom. The Morgan fingerprint density at radius 1 is 1.32 bits per heavy atom. The van der Waals surface area contributed by atoms with Crippen LogP contribution in [0.2, 0.25) is 0 Å². The van der Waals surface area contributed by atoms with Crippen molar-refractivity contribution in [3.8, 4) is 0 Å². The standard InChI is InChI=1S/C15H16N6O/c1-10-12-4-3-7-20(12)8-9-21(10)15(22)11-5-6-16-14-13(11)17-18-19(14)2/h3-7,10H,8-9H2,1-2H3. The molecule has 0 spiro atoms. The summed E-state index contributed by atoms with van der Waals surface area (Å²) < 4.78 is 3.77. The highest BCUT2D eigenvalue weighted by molar-refractivity contribution is 6.04. The van der Waals surface area contributed by atoms with Crippen LogP contribution in [0.5, 0.6) is 0 Å². The van der Waals surface area contributed by atoms with Gasteiger partial charge in [-0.05, 0) is 25.1 Å². The van der Waals surface area contributed by atoms with Crippen LogP contribution in [-0.4, -0.2) is 41.9 Å². The summed E-state index contributed by atoms with van der Waals surface area (Å²) in [4.78, 5) is 19.1. The molecule has 1 amide bonds. The maximum Gasteiger partial charge on any atom is 0.256 e. The Hall–Kier alpha value is -2.70. The fourth-order valence-electron chi connectivity index (χ4n) is 3.12. The minimum atomic E-state index is -0.0205. The van der Waals surface area contributed by atoms with Crippen molar-refractivity contribution in [2.45, 2.75) is 19.5 Å². The van der Waals surface area contributed by atoms with Gasteiger partial charge in [-0.2, -0.15) is 0 Å². The minimum Gasteiger partial charge on any atom is -0.348 e. The molecule has 1 atom stereocenters. The first-order valence-electron chi connectivity index (χ1n) is 7.27. The molecule has 4 heterocycles.